The van der Waals surface area contributed by atoms with Crippen LogP contribution in [-0.4, -0.2) is 22.7 Å². The Bertz CT molecular complexity index is 879. The zero-order chi connectivity index (χ0) is 18.2. The summed E-state index contributed by atoms with van der Waals surface area (Å²) < 4.78 is 0. The lowest BCUT2D eigenvalue weighted by Crippen LogP contribution is -2.36. The molecule has 0 fully saturated rings. The van der Waals surface area contributed by atoms with Crippen LogP contribution in [0, 0.1) is 0 Å². The van der Waals surface area contributed by atoms with E-state index in [9.17, 15) is 19.5 Å². The van der Waals surface area contributed by atoms with Crippen molar-refractivity contribution < 1.29 is 19.5 Å². The molecule has 2 aromatic rings. The number of hydrogen-bond acceptors (Lipinski definition) is 4. The first-order valence-electron chi connectivity index (χ1n) is 7.54. The number of fused-ring (bicyclic) bond motifs is 1. The topological polar surface area (TPSA) is 95.5 Å². The van der Waals surface area contributed by atoms with Gasteiger partial charge in [-0.3, -0.25) is 14.4 Å². The summed E-state index contributed by atoms with van der Waals surface area (Å²) in [7, 11) is 0. The molecule has 0 saturated heterocycles. The van der Waals surface area contributed by atoms with Crippen molar-refractivity contribution in [2.75, 3.05) is 10.6 Å². The molecular weight excluding hydrogens is 344 g/mol. The van der Waals surface area contributed by atoms with Gasteiger partial charge in [0.15, 0.2) is 11.4 Å². The normalized spacial score (nSPS) is 18.4. The van der Waals surface area contributed by atoms with Gasteiger partial charge in [-0.25, -0.2) is 0 Å². The molecule has 3 rings (SSSR count). The molecule has 1 aliphatic rings. The first-order valence-corrected chi connectivity index (χ1v) is 7.92. The van der Waals surface area contributed by atoms with Gasteiger partial charge in [0.2, 0.25) is 5.91 Å². The minimum Gasteiger partial charge on any atom is -0.375 e. The lowest BCUT2D eigenvalue weighted by atomic mass is 9.88. The molecule has 6 nitrogen and oxygen atoms in total. The number of Topliss-reactive ketones (excluding diaryl/α,β-unsaturated/α-hetero) is 1. The van der Waals surface area contributed by atoms with Crippen molar-refractivity contribution in [3.63, 3.8) is 0 Å². The highest BCUT2D eigenvalue weighted by Gasteiger charge is 2.46. The maximum Gasteiger partial charge on any atom is 0.261 e. The smallest absolute Gasteiger partial charge is 0.261 e. The monoisotopic (exact) mass is 358 g/mol. The Morgan fingerprint density at radius 1 is 1.20 bits per heavy atom. The average Bonchev–Trinajstić information content (AvgIpc) is 2.79. The Morgan fingerprint density at radius 3 is 2.52 bits per heavy atom. The maximum absolute atomic E-state index is 12.5. The molecule has 0 saturated carbocycles. The van der Waals surface area contributed by atoms with Crippen LogP contribution in [0.5, 0.6) is 0 Å². The fourth-order valence-corrected chi connectivity index (χ4v) is 2.94. The van der Waals surface area contributed by atoms with Gasteiger partial charge in [-0.1, -0.05) is 11.6 Å². The fraction of sp³-hybridized carbons (Fsp3) is 0.167. The van der Waals surface area contributed by atoms with Crippen LogP contribution in [0.1, 0.15) is 29.3 Å². The summed E-state index contributed by atoms with van der Waals surface area (Å²) in [6.07, 6.45) is -0.411. The third-order valence-electron chi connectivity index (χ3n) is 3.99. The van der Waals surface area contributed by atoms with Gasteiger partial charge >= 0.3 is 0 Å². The third kappa shape index (κ3) is 3.26. The van der Waals surface area contributed by atoms with Crippen LogP contribution in [0.15, 0.2) is 42.5 Å². The molecule has 0 unspecified atom stereocenters. The Kier molecular flexibility index (Phi) is 4.32. The molecule has 1 aliphatic heterocycles. The van der Waals surface area contributed by atoms with E-state index < -0.39 is 23.7 Å². The number of rotatable bonds is 4. The molecule has 0 bridgehead atoms. The number of carbonyl (C=O) groups is 3. The molecule has 25 heavy (non-hydrogen) atoms. The number of hydrogen-bond donors (Lipinski definition) is 3. The lowest BCUT2D eigenvalue weighted by molar-refractivity contribution is -0.133. The minimum absolute atomic E-state index is 0.218. The average molecular weight is 359 g/mol. The van der Waals surface area contributed by atoms with E-state index in [1.165, 1.54) is 25.1 Å². The van der Waals surface area contributed by atoms with Gasteiger partial charge in [0.1, 0.15) is 0 Å². The standard InChI is InChI=1S/C18H15ClN2O4/c1-10(22)20-13-5-2-11(3-6-13)16(23)9-18(25)14-8-12(19)4-7-15(14)21-17(18)24/h2-8,25H,9H2,1H3,(H,20,22)(H,21,24)/t18-/m0/s1. The number of aliphatic hydroxyl groups is 1. The quantitative estimate of drug-likeness (QED) is 0.732. The second kappa shape index (κ2) is 6.31. The van der Waals surface area contributed by atoms with Crippen LogP contribution in [-0.2, 0) is 15.2 Å². The van der Waals surface area contributed by atoms with E-state index in [-0.39, 0.29) is 11.5 Å². The van der Waals surface area contributed by atoms with E-state index >= 15 is 0 Å². The van der Waals surface area contributed by atoms with Gasteiger partial charge in [0.05, 0.1) is 6.42 Å². The zero-order valence-electron chi connectivity index (χ0n) is 13.3. The molecule has 0 radical (unpaired) electrons. The number of anilines is 2. The summed E-state index contributed by atoms with van der Waals surface area (Å²) in [5.41, 5.74) is -0.364. The molecule has 1 heterocycles. The fourth-order valence-electron chi connectivity index (χ4n) is 2.77. The molecule has 0 spiro atoms. The summed E-state index contributed by atoms with van der Waals surface area (Å²) >= 11 is 5.94. The first kappa shape index (κ1) is 17.1. The number of halogens is 1. The van der Waals surface area contributed by atoms with Crippen molar-refractivity contribution in [1.82, 2.24) is 0 Å². The summed E-state index contributed by atoms with van der Waals surface area (Å²) in [4.78, 5) is 35.7. The summed E-state index contributed by atoms with van der Waals surface area (Å²) in [6, 6.07) is 10.9. The molecule has 2 aromatic carbocycles. The van der Waals surface area contributed by atoms with E-state index in [1.807, 2.05) is 0 Å². The Morgan fingerprint density at radius 2 is 1.88 bits per heavy atom. The predicted molar refractivity (Wildman–Crippen MR) is 93.7 cm³/mol. The SMILES string of the molecule is CC(=O)Nc1ccc(C(=O)C[C@@]2(O)C(=O)Nc3ccc(Cl)cc32)cc1. The van der Waals surface area contributed by atoms with Crippen molar-refractivity contribution in [1.29, 1.82) is 0 Å². The molecule has 7 heteroatoms. The van der Waals surface area contributed by atoms with E-state index in [1.54, 1.807) is 24.3 Å². The third-order valence-corrected chi connectivity index (χ3v) is 4.23. The number of carbonyl (C=O) groups excluding carboxylic acids is 3. The number of ketones is 1. The Labute approximate surface area is 148 Å². The largest absolute Gasteiger partial charge is 0.375 e. The van der Waals surface area contributed by atoms with Gasteiger partial charge in [-0.05, 0) is 42.5 Å². The zero-order valence-corrected chi connectivity index (χ0v) is 14.1. The van der Waals surface area contributed by atoms with Gasteiger partial charge in [-0.2, -0.15) is 0 Å². The van der Waals surface area contributed by atoms with E-state index in [0.29, 0.717) is 22.0 Å². The molecule has 0 aromatic heterocycles. The molecule has 2 amide bonds. The summed E-state index contributed by atoms with van der Waals surface area (Å²) in [5, 5.41) is 16.3. The molecular formula is C18H15ClN2O4. The van der Waals surface area contributed by atoms with E-state index in [4.69, 9.17) is 11.6 Å². The minimum atomic E-state index is -1.96. The highest BCUT2D eigenvalue weighted by Crippen LogP contribution is 2.40. The second-order valence-corrected chi connectivity index (χ2v) is 6.30. The first-order chi connectivity index (χ1) is 11.8. The Balaban J connectivity index is 1.84. The Hall–Kier alpha value is -2.70. The molecule has 0 aliphatic carbocycles. The number of nitrogens with one attached hydrogen (secondary N) is 2. The van der Waals surface area contributed by atoms with E-state index in [0.717, 1.165) is 0 Å². The summed E-state index contributed by atoms with van der Waals surface area (Å²) in [6.45, 7) is 1.38. The highest BCUT2D eigenvalue weighted by atomic mass is 35.5. The number of amides is 2. The predicted octanol–water partition coefficient (Wildman–Crippen LogP) is 2.71. The van der Waals surface area contributed by atoms with Crippen LogP contribution < -0.4 is 10.6 Å². The molecule has 1 atom stereocenters. The van der Waals surface area contributed by atoms with Crippen LogP contribution in [0.25, 0.3) is 0 Å². The molecule has 3 N–H and O–H groups in total. The second-order valence-electron chi connectivity index (χ2n) is 5.86. The van der Waals surface area contributed by atoms with Gasteiger partial charge in [0.25, 0.3) is 5.91 Å². The highest BCUT2D eigenvalue weighted by molar-refractivity contribution is 6.31. The van der Waals surface area contributed by atoms with Crippen molar-refractivity contribution in [2.45, 2.75) is 18.9 Å². The van der Waals surface area contributed by atoms with Crippen LogP contribution >= 0.6 is 11.6 Å². The van der Waals surface area contributed by atoms with Crippen molar-refractivity contribution in [3.8, 4) is 0 Å². The number of benzene rings is 2. The molecule has 128 valence electrons. The maximum atomic E-state index is 12.5. The van der Waals surface area contributed by atoms with Crippen molar-refractivity contribution >= 4 is 40.6 Å². The summed E-state index contributed by atoms with van der Waals surface area (Å²) in [5.74, 6) is -1.28. The van der Waals surface area contributed by atoms with Crippen molar-refractivity contribution in [2.24, 2.45) is 0 Å². The lowest BCUT2D eigenvalue weighted by Gasteiger charge is -2.20. The van der Waals surface area contributed by atoms with Crippen molar-refractivity contribution in [3.05, 3.63) is 58.6 Å². The van der Waals surface area contributed by atoms with Gasteiger partial charge < -0.3 is 15.7 Å². The van der Waals surface area contributed by atoms with E-state index in [2.05, 4.69) is 10.6 Å². The van der Waals surface area contributed by atoms with Crippen LogP contribution in [0.3, 0.4) is 0 Å². The van der Waals surface area contributed by atoms with Crippen LogP contribution in [0.2, 0.25) is 5.02 Å². The van der Waals surface area contributed by atoms with Crippen LogP contribution in [0.4, 0.5) is 11.4 Å². The van der Waals surface area contributed by atoms with Gasteiger partial charge in [0, 0.05) is 34.4 Å². The van der Waals surface area contributed by atoms with Gasteiger partial charge in [-0.15, -0.1) is 0 Å².